The third kappa shape index (κ3) is 6.08. The number of benzene rings is 3. The molecule has 37 heavy (non-hydrogen) atoms. The van der Waals surface area contributed by atoms with Gasteiger partial charge in [0.15, 0.2) is 11.5 Å². The van der Waals surface area contributed by atoms with E-state index in [-0.39, 0.29) is 5.56 Å². The highest BCUT2D eigenvalue weighted by molar-refractivity contribution is 9.10. The van der Waals surface area contributed by atoms with E-state index < -0.39 is 5.41 Å². The van der Waals surface area contributed by atoms with Crippen LogP contribution >= 0.6 is 43.5 Å². The molecule has 0 atom stereocenters. The average Bonchev–Trinajstić information content (AvgIpc) is 2.86. The molecule has 192 valence electrons. The minimum absolute atomic E-state index is 0.262. The molecule has 0 aliphatic rings. The first-order valence-electron chi connectivity index (χ1n) is 11.7. The van der Waals surface area contributed by atoms with Crippen molar-refractivity contribution in [3.63, 3.8) is 0 Å². The van der Waals surface area contributed by atoms with E-state index >= 15 is 0 Å². The lowest BCUT2D eigenvalue weighted by Gasteiger charge is -2.21. The number of hydrogen-bond acceptors (Lipinski definition) is 5. The van der Waals surface area contributed by atoms with Gasteiger partial charge in [-0.25, -0.2) is 4.98 Å². The predicted molar refractivity (Wildman–Crippen MR) is 156 cm³/mol. The van der Waals surface area contributed by atoms with E-state index in [1.165, 1.54) is 4.68 Å². The Balaban J connectivity index is 1.79. The van der Waals surface area contributed by atoms with E-state index in [1.807, 2.05) is 70.2 Å². The molecule has 1 heterocycles. The average molecular weight is 648 g/mol. The van der Waals surface area contributed by atoms with Gasteiger partial charge in [0.05, 0.1) is 23.7 Å². The molecule has 0 N–H and O–H groups in total. The lowest BCUT2D eigenvalue weighted by molar-refractivity contribution is 0.269. The van der Waals surface area contributed by atoms with Crippen molar-refractivity contribution in [1.82, 2.24) is 9.66 Å². The molecule has 9 heteroatoms. The van der Waals surface area contributed by atoms with E-state index in [4.69, 9.17) is 26.1 Å². The summed E-state index contributed by atoms with van der Waals surface area (Å²) in [6.07, 6.45) is 1.57. The van der Waals surface area contributed by atoms with Crippen LogP contribution in [0.2, 0.25) is 5.02 Å². The maximum Gasteiger partial charge on any atom is 0.282 e. The van der Waals surface area contributed by atoms with Crippen molar-refractivity contribution < 1.29 is 9.47 Å². The van der Waals surface area contributed by atoms with Crippen LogP contribution in [-0.4, -0.2) is 22.5 Å². The maximum atomic E-state index is 13.5. The van der Waals surface area contributed by atoms with E-state index in [0.29, 0.717) is 56.5 Å². The summed E-state index contributed by atoms with van der Waals surface area (Å²) < 4.78 is 14.6. The summed E-state index contributed by atoms with van der Waals surface area (Å²) in [6.45, 7) is 8.62. The van der Waals surface area contributed by atoms with Gasteiger partial charge in [-0.2, -0.15) is 9.78 Å². The number of hydrogen-bond donors (Lipinski definition) is 0. The van der Waals surface area contributed by atoms with Gasteiger partial charge in [0.1, 0.15) is 17.5 Å². The quantitative estimate of drug-likeness (QED) is 0.193. The van der Waals surface area contributed by atoms with Gasteiger partial charge in [0.25, 0.3) is 5.56 Å². The number of aromatic nitrogens is 2. The summed E-state index contributed by atoms with van der Waals surface area (Å²) >= 11 is 13.7. The number of fused-ring (bicyclic) bond motifs is 1. The number of nitrogens with zero attached hydrogens (tertiary/aromatic N) is 3. The number of rotatable bonds is 7. The molecule has 0 saturated heterocycles. The first-order valence-corrected chi connectivity index (χ1v) is 13.6. The van der Waals surface area contributed by atoms with Gasteiger partial charge >= 0.3 is 0 Å². The summed E-state index contributed by atoms with van der Waals surface area (Å²) in [5.41, 5.74) is 1.56. The van der Waals surface area contributed by atoms with E-state index in [2.05, 4.69) is 37.0 Å². The molecular weight excluding hydrogens is 622 g/mol. The molecule has 4 aromatic rings. The fourth-order valence-corrected chi connectivity index (χ4v) is 4.70. The van der Waals surface area contributed by atoms with Gasteiger partial charge in [-0.1, -0.05) is 78.6 Å². The first kappa shape index (κ1) is 27.4. The van der Waals surface area contributed by atoms with E-state index in [1.54, 1.807) is 18.3 Å². The van der Waals surface area contributed by atoms with Crippen LogP contribution in [0.15, 0.2) is 73.4 Å². The minimum atomic E-state index is -0.432. The van der Waals surface area contributed by atoms with Gasteiger partial charge in [-0.15, -0.1) is 0 Å². The van der Waals surface area contributed by atoms with Gasteiger partial charge in [-0.3, -0.25) is 4.79 Å². The van der Waals surface area contributed by atoms with E-state index in [9.17, 15) is 4.79 Å². The van der Waals surface area contributed by atoms with Crippen LogP contribution in [0.3, 0.4) is 0 Å². The van der Waals surface area contributed by atoms with Gasteiger partial charge in [0.2, 0.25) is 0 Å². The van der Waals surface area contributed by atoms with Crippen LogP contribution in [0.1, 0.15) is 44.6 Å². The molecule has 3 aromatic carbocycles. The molecule has 0 unspecified atom stereocenters. The summed E-state index contributed by atoms with van der Waals surface area (Å²) in [6, 6.07) is 17.0. The highest BCUT2D eigenvalue weighted by Gasteiger charge is 2.23. The summed E-state index contributed by atoms with van der Waals surface area (Å²) in [4.78, 5) is 18.2. The SMILES string of the molecule is CCOc1cc(C=Nn2c(C(C)(C)C)nc3ccc(Br)cc3c2=O)c(Br)c(Cl)c1OCc1ccccc1. The lowest BCUT2D eigenvalue weighted by atomic mass is 9.95. The number of halogens is 3. The van der Waals surface area contributed by atoms with Crippen molar-refractivity contribution in [3.05, 3.63) is 95.9 Å². The zero-order chi connectivity index (χ0) is 26.7. The van der Waals surface area contributed by atoms with Crippen LogP contribution in [0.5, 0.6) is 11.5 Å². The van der Waals surface area contributed by atoms with Gasteiger partial charge < -0.3 is 9.47 Å². The van der Waals surface area contributed by atoms with Crippen molar-refractivity contribution in [1.29, 1.82) is 0 Å². The third-order valence-corrected chi connectivity index (χ3v) is 7.41. The highest BCUT2D eigenvalue weighted by atomic mass is 79.9. The Bertz CT molecular complexity index is 1530. The Morgan fingerprint density at radius 3 is 2.49 bits per heavy atom. The highest BCUT2D eigenvalue weighted by Crippen LogP contribution is 2.42. The topological polar surface area (TPSA) is 65.7 Å². The molecule has 1 aromatic heterocycles. The Morgan fingerprint density at radius 2 is 1.81 bits per heavy atom. The molecule has 4 rings (SSSR count). The van der Waals surface area contributed by atoms with Gasteiger partial charge in [-0.05, 0) is 52.7 Å². The van der Waals surface area contributed by atoms with Crippen molar-refractivity contribution >= 4 is 60.6 Å². The molecule has 0 saturated carbocycles. The van der Waals surface area contributed by atoms with Gasteiger partial charge in [0, 0.05) is 19.9 Å². The van der Waals surface area contributed by atoms with Crippen molar-refractivity contribution in [3.8, 4) is 11.5 Å². The normalized spacial score (nSPS) is 11.9. The third-order valence-electron chi connectivity index (χ3n) is 5.47. The van der Waals surface area contributed by atoms with E-state index in [0.717, 1.165) is 10.0 Å². The molecular formula is C28H26Br2ClN3O3. The summed E-state index contributed by atoms with van der Waals surface area (Å²) in [5, 5.41) is 5.39. The fourth-order valence-electron chi connectivity index (χ4n) is 3.69. The minimum Gasteiger partial charge on any atom is -0.490 e. The van der Waals surface area contributed by atoms with Crippen LogP contribution in [-0.2, 0) is 12.0 Å². The Labute approximate surface area is 237 Å². The Kier molecular flexibility index (Phi) is 8.41. The molecule has 6 nitrogen and oxygen atoms in total. The number of ether oxygens (including phenoxy) is 2. The first-order chi connectivity index (χ1) is 17.6. The molecule has 0 spiro atoms. The largest absolute Gasteiger partial charge is 0.490 e. The van der Waals surface area contributed by atoms with Crippen LogP contribution in [0.25, 0.3) is 10.9 Å². The second-order valence-corrected chi connectivity index (χ2v) is 11.4. The monoisotopic (exact) mass is 645 g/mol. The predicted octanol–water partition coefficient (Wildman–Crippen LogP) is 7.73. The summed E-state index contributed by atoms with van der Waals surface area (Å²) in [7, 11) is 0. The molecule has 0 amide bonds. The standard InChI is InChI=1S/C28H26Br2ClN3O3/c1-5-36-22-13-18(23(30)24(31)25(22)37-16-17-9-7-6-8-10-17)15-32-34-26(35)20-14-19(29)11-12-21(20)33-27(34)28(2,3)4/h6-15H,5,16H2,1-4H3. The van der Waals surface area contributed by atoms with Crippen LogP contribution < -0.4 is 15.0 Å². The van der Waals surface area contributed by atoms with Crippen LogP contribution in [0, 0.1) is 0 Å². The van der Waals surface area contributed by atoms with Crippen LogP contribution in [0.4, 0.5) is 0 Å². The Morgan fingerprint density at radius 1 is 1.08 bits per heavy atom. The molecule has 0 aliphatic carbocycles. The zero-order valence-corrected chi connectivity index (χ0v) is 24.8. The summed E-state index contributed by atoms with van der Waals surface area (Å²) in [5.74, 6) is 1.46. The smallest absolute Gasteiger partial charge is 0.282 e. The molecule has 0 bridgehead atoms. The molecule has 0 fully saturated rings. The van der Waals surface area contributed by atoms with Crippen molar-refractivity contribution in [2.75, 3.05) is 6.61 Å². The molecule has 0 aliphatic heterocycles. The molecule has 0 radical (unpaired) electrons. The maximum absolute atomic E-state index is 13.5. The lowest BCUT2D eigenvalue weighted by Crippen LogP contribution is -2.29. The zero-order valence-electron chi connectivity index (χ0n) is 20.9. The second-order valence-electron chi connectivity index (χ2n) is 9.34. The second kappa shape index (κ2) is 11.4. The van der Waals surface area contributed by atoms with Crippen molar-refractivity contribution in [2.24, 2.45) is 5.10 Å². The van der Waals surface area contributed by atoms with Crippen molar-refractivity contribution in [2.45, 2.75) is 39.7 Å². The fraction of sp³-hybridized carbons (Fsp3) is 0.250. The Hall–Kier alpha value is -2.68.